The maximum absolute atomic E-state index is 10.7. The molecule has 0 aliphatic rings. The van der Waals surface area contributed by atoms with Crippen molar-refractivity contribution in [2.75, 3.05) is 5.73 Å². The van der Waals surface area contributed by atoms with Crippen molar-refractivity contribution in [2.45, 2.75) is 6.42 Å². The van der Waals surface area contributed by atoms with Crippen molar-refractivity contribution in [1.29, 1.82) is 0 Å². The molecular weight excluding hydrogens is 182 g/mol. The normalized spacial score (nSPS) is 10.6. The number of aliphatic hydroxyl groups excluding tert-OH is 1. The third kappa shape index (κ3) is 2.26. The maximum Gasteiger partial charge on any atom is 0.337 e. The number of aliphatic hydroxyl groups is 1. The van der Waals surface area contributed by atoms with Crippen LogP contribution >= 0.6 is 0 Å². The largest absolute Gasteiger partial charge is 0.516 e. The smallest absolute Gasteiger partial charge is 0.337 e. The Labute approximate surface area is 81.3 Å². The Hall–Kier alpha value is -1.97. The molecule has 4 heteroatoms. The lowest BCUT2D eigenvalue weighted by molar-refractivity contribution is 0.0698. The molecule has 0 bridgehead atoms. The highest BCUT2D eigenvalue weighted by Gasteiger charge is 2.07. The molecule has 0 heterocycles. The lowest BCUT2D eigenvalue weighted by atomic mass is 10.1. The fraction of sp³-hybridized carbons (Fsp3) is 0.100. The number of aromatic carboxylic acids is 1. The summed E-state index contributed by atoms with van der Waals surface area (Å²) < 4.78 is 0. The minimum atomic E-state index is -1.04. The summed E-state index contributed by atoms with van der Waals surface area (Å²) in [7, 11) is 0. The van der Waals surface area contributed by atoms with Gasteiger partial charge in [-0.1, -0.05) is 6.07 Å². The molecule has 0 atom stereocenters. The molecule has 4 nitrogen and oxygen atoms in total. The molecule has 0 radical (unpaired) electrons. The number of carboxylic acids is 1. The number of benzene rings is 1. The van der Waals surface area contributed by atoms with E-state index in [0.29, 0.717) is 6.42 Å². The molecule has 0 saturated heterocycles. The van der Waals surface area contributed by atoms with Crippen LogP contribution in [0.4, 0.5) is 5.69 Å². The third-order valence-electron chi connectivity index (χ3n) is 1.81. The molecule has 0 unspecified atom stereocenters. The molecule has 0 fully saturated rings. The van der Waals surface area contributed by atoms with Gasteiger partial charge in [0, 0.05) is 5.69 Å². The number of nitrogens with two attached hydrogens (primary N) is 1. The predicted octanol–water partition coefficient (Wildman–Crippen LogP) is 1.58. The zero-order valence-electron chi connectivity index (χ0n) is 7.47. The van der Waals surface area contributed by atoms with Crippen molar-refractivity contribution in [3.05, 3.63) is 41.7 Å². The SMILES string of the molecule is Nc1ccc(CC=CO)cc1C(=O)O. The number of allylic oxidation sites excluding steroid dienone is 1. The number of rotatable bonds is 3. The van der Waals surface area contributed by atoms with Crippen LogP contribution in [-0.4, -0.2) is 16.2 Å². The molecule has 74 valence electrons. The van der Waals surface area contributed by atoms with Crippen LogP contribution in [0.25, 0.3) is 0 Å². The Morgan fingerprint density at radius 2 is 2.21 bits per heavy atom. The fourth-order valence-electron chi connectivity index (χ4n) is 1.10. The van der Waals surface area contributed by atoms with Gasteiger partial charge in [-0.15, -0.1) is 0 Å². The van der Waals surface area contributed by atoms with Gasteiger partial charge in [-0.05, 0) is 30.2 Å². The quantitative estimate of drug-likeness (QED) is 0.502. The molecule has 0 aromatic heterocycles. The monoisotopic (exact) mass is 193 g/mol. The van der Waals surface area contributed by atoms with Crippen LogP contribution < -0.4 is 5.73 Å². The van der Waals surface area contributed by atoms with Crippen LogP contribution in [0.2, 0.25) is 0 Å². The molecule has 4 N–H and O–H groups in total. The molecule has 0 aliphatic carbocycles. The summed E-state index contributed by atoms with van der Waals surface area (Å²) in [5, 5.41) is 17.2. The maximum atomic E-state index is 10.7. The number of anilines is 1. The fourth-order valence-corrected chi connectivity index (χ4v) is 1.10. The summed E-state index contributed by atoms with van der Waals surface area (Å²) in [5.74, 6) is -1.04. The molecule has 0 aliphatic heterocycles. The minimum Gasteiger partial charge on any atom is -0.516 e. The Balaban J connectivity index is 3.00. The Bertz CT molecular complexity index is 372. The highest BCUT2D eigenvalue weighted by molar-refractivity contribution is 5.93. The van der Waals surface area contributed by atoms with Crippen molar-refractivity contribution in [2.24, 2.45) is 0 Å². The first kappa shape index (κ1) is 10.1. The van der Waals surface area contributed by atoms with Gasteiger partial charge in [0.15, 0.2) is 0 Å². The first-order valence-corrected chi connectivity index (χ1v) is 4.06. The average Bonchev–Trinajstić information content (AvgIpc) is 2.16. The van der Waals surface area contributed by atoms with E-state index in [4.69, 9.17) is 15.9 Å². The molecule has 0 amide bonds. The highest BCUT2D eigenvalue weighted by atomic mass is 16.4. The summed E-state index contributed by atoms with van der Waals surface area (Å²) in [6, 6.07) is 4.77. The highest BCUT2D eigenvalue weighted by Crippen LogP contribution is 2.14. The second-order valence-corrected chi connectivity index (χ2v) is 2.82. The minimum absolute atomic E-state index is 0.0915. The molecule has 0 saturated carbocycles. The predicted molar refractivity (Wildman–Crippen MR) is 53.3 cm³/mol. The topological polar surface area (TPSA) is 83.5 Å². The van der Waals surface area contributed by atoms with E-state index in [2.05, 4.69) is 0 Å². The summed E-state index contributed by atoms with van der Waals surface area (Å²) >= 11 is 0. The molecule has 1 aromatic carbocycles. The molecule has 0 spiro atoms. The van der Waals surface area contributed by atoms with E-state index in [9.17, 15) is 4.79 Å². The molecule has 14 heavy (non-hydrogen) atoms. The van der Waals surface area contributed by atoms with Gasteiger partial charge in [0.25, 0.3) is 0 Å². The van der Waals surface area contributed by atoms with Gasteiger partial charge in [-0.25, -0.2) is 4.79 Å². The van der Waals surface area contributed by atoms with E-state index >= 15 is 0 Å². The van der Waals surface area contributed by atoms with Crippen LogP contribution in [0.3, 0.4) is 0 Å². The third-order valence-corrected chi connectivity index (χ3v) is 1.81. The van der Waals surface area contributed by atoms with Gasteiger partial charge in [-0.3, -0.25) is 0 Å². The van der Waals surface area contributed by atoms with Crippen molar-refractivity contribution < 1.29 is 15.0 Å². The number of hydrogen-bond acceptors (Lipinski definition) is 3. The Morgan fingerprint density at radius 1 is 1.50 bits per heavy atom. The number of carbonyl (C=O) groups is 1. The molecule has 1 aromatic rings. The van der Waals surface area contributed by atoms with E-state index < -0.39 is 5.97 Å². The van der Waals surface area contributed by atoms with E-state index in [-0.39, 0.29) is 11.3 Å². The van der Waals surface area contributed by atoms with Crippen LogP contribution in [0.1, 0.15) is 15.9 Å². The molecular formula is C10H11NO3. The Morgan fingerprint density at radius 3 is 2.79 bits per heavy atom. The van der Waals surface area contributed by atoms with Crippen molar-refractivity contribution in [3.63, 3.8) is 0 Å². The summed E-state index contributed by atoms with van der Waals surface area (Å²) in [4.78, 5) is 10.7. The summed E-state index contributed by atoms with van der Waals surface area (Å²) in [6.45, 7) is 0. The van der Waals surface area contributed by atoms with Gasteiger partial charge < -0.3 is 15.9 Å². The first-order chi connectivity index (χ1) is 6.65. The average molecular weight is 193 g/mol. The van der Waals surface area contributed by atoms with Crippen LogP contribution in [0.5, 0.6) is 0 Å². The number of carboxylic acid groups (broad SMARTS) is 1. The van der Waals surface area contributed by atoms with E-state index in [0.717, 1.165) is 11.8 Å². The zero-order chi connectivity index (χ0) is 10.6. The zero-order valence-corrected chi connectivity index (χ0v) is 7.47. The lowest BCUT2D eigenvalue weighted by Crippen LogP contribution is -2.02. The summed E-state index contributed by atoms with van der Waals surface area (Å²) in [5.41, 5.74) is 6.60. The van der Waals surface area contributed by atoms with E-state index in [1.54, 1.807) is 12.1 Å². The van der Waals surface area contributed by atoms with Crippen LogP contribution in [0, 0.1) is 0 Å². The van der Waals surface area contributed by atoms with Gasteiger partial charge in [0.2, 0.25) is 0 Å². The van der Waals surface area contributed by atoms with Gasteiger partial charge in [0.1, 0.15) is 0 Å². The standard InChI is InChI=1S/C10H11NO3/c11-9-4-3-7(2-1-5-12)6-8(9)10(13)14/h1,3-6,12H,2,11H2,(H,13,14). The van der Waals surface area contributed by atoms with Crippen LogP contribution in [0.15, 0.2) is 30.5 Å². The number of hydrogen-bond donors (Lipinski definition) is 3. The van der Waals surface area contributed by atoms with Gasteiger partial charge in [0.05, 0.1) is 11.8 Å². The van der Waals surface area contributed by atoms with Gasteiger partial charge in [-0.2, -0.15) is 0 Å². The van der Waals surface area contributed by atoms with E-state index in [1.807, 2.05) is 0 Å². The van der Waals surface area contributed by atoms with E-state index in [1.165, 1.54) is 12.1 Å². The Kier molecular flexibility index (Phi) is 3.12. The summed E-state index contributed by atoms with van der Waals surface area (Å²) in [6.07, 6.45) is 2.94. The van der Waals surface area contributed by atoms with Crippen molar-refractivity contribution >= 4 is 11.7 Å². The van der Waals surface area contributed by atoms with Gasteiger partial charge >= 0.3 is 5.97 Å². The first-order valence-electron chi connectivity index (χ1n) is 4.06. The second-order valence-electron chi connectivity index (χ2n) is 2.82. The van der Waals surface area contributed by atoms with Crippen molar-refractivity contribution in [1.82, 2.24) is 0 Å². The van der Waals surface area contributed by atoms with Crippen molar-refractivity contribution in [3.8, 4) is 0 Å². The van der Waals surface area contributed by atoms with Crippen LogP contribution in [-0.2, 0) is 6.42 Å². The number of nitrogen functional groups attached to an aromatic ring is 1. The second kappa shape index (κ2) is 4.32. The molecule has 1 rings (SSSR count). The lowest BCUT2D eigenvalue weighted by Gasteiger charge is -2.02.